The van der Waals surface area contributed by atoms with Crippen LogP contribution in [0, 0.1) is 11.8 Å². The molecule has 4 heteroatoms. The molecular weight excluding hydrogens is 300 g/mol. The molecular formula is C20H26N2O2. The van der Waals surface area contributed by atoms with E-state index in [0.717, 1.165) is 38.8 Å². The van der Waals surface area contributed by atoms with Crippen molar-refractivity contribution in [2.45, 2.75) is 32.1 Å². The zero-order valence-corrected chi connectivity index (χ0v) is 14.2. The van der Waals surface area contributed by atoms with Gasteiger partial charge in [0.1, 0.15) is 0 Å². The molecule has 0 spiro atoms. The quantitative estimate of drug-likeness (QED) is 0.844. The first-order valence-electron chi connectivity index (χ1n) is 8.90. The SMILES string of the molecule is C=CC(=O)N1CCC[C@@H](CNC(=O)CC2Cc3ccccc3C2)C1. The number of piperidine rings is 1. The average molecular weight is 326 g/mol. The fourth-order valence-corrected chi connectivity index (χ4v) is 3.95. The van der Waals surface area contributed by atoms with Gasteiger partial charge in [-0.15, -0.1) is 0 Å². The second-order valence-corrected chi connectivity index (χ2v) is 7.05. The van der Waals surface area contributed by atoms with E-state index in [2.05, 4.69) is 36.2 Å². The Labute approximate surface area is 143 Å². The molecule has 1 aromatic carbocycles. The van der Waals surface area contributed by atoms with Gasteiger partial charge in [0, 0.05) is 26.1 Å². The van der Waals surface area contributed by atoms with Crippen LogP contribution in [-0.2, 0) is 22.4 Å². The van der Waals surface area contributed by atoms with Crippen LogP contribution >= 0.6 is 0 Å². The van der Waals surface area contributed by atoms with Crippen molar-refractivity contribution in [1.29, 1.82) is 0 Å². The zero-order chi connectivity index (χ0) is 16.9. The molecule has 1 atom stereocenters. The number of hydrogen-bond donors (Lipinski definition) is 1. The molecule has 1 aromatic rings. The largest absolute Gasteiger partial charge is 0.356 e. The fourth-order valence-electron chi connectivity index (χ4n) is 3.95. The fraction of sp³-hybridized carbons (Fsp3) is 0.500. The summed E-state index contributed by atoms with van der Waals surface area (Å²) in [5.41, 5.74) is 2.78. The van der Waals surface area contributed by atoms with E-state index in [4.69, 9.17) is 0 Å². The molecule has 1 fully saturated rings. The van der Waals surface area contributed by atoms with Crippen molar-refractivity contribution in [3.8, 4) is 0 Å². The van der Waals surface area contributed by atoms with E-state index in [1.54, 1.807) is 0 Å². The Morgan fingerprint density at radius 1 is 1.21 bits per heavy atom. The van der Waals surface area contributed by atoms with E-state index in [9.17, 15) is 9.59 Å². The first kappa shape index (κ1) is 16.7. The topological polar surface area (TPSA) is 49.4 Å². The second kappa shape index (κ2) is 7.65. The molecule has 4 nitrogen and oxygen atoms in total. The van der Waals surface area contributed by atoms with Gasteiger partial charge in [-0.05, 0) is 54.7 Å². The lowest BCUT2D eigenvalue weighted by molar-refractivity contribution is -0.127. The third kappa shape index (κ3) is 4.05. The number of rotatable bonds is 5. The smallest absolute Gasteiger partial charge is 0.245 e. The van der Waals surface area contributed by atoms with Crippen molar-refractivity contribution in [3.05, 3.63) is 48.0 Å². The summed E-state index contributed by atoms with van der Waals surface area (Å²) in [5, 5.41) is 3.08. The van der Waals surface area contributed by atoms with Crippen LogP contribution in [0.25, 0.3) is 0 Å². The summed E-state index contributed by atoms with van der Waals surface area (Å²) in [6.45, 7) is 5.74. The summed E-state index contributed by atoms with van der Waals surface area (Å²) in [4.78, 5) is 25.8. The number of nitrogens with zero attached hydrogens (tertiary/aromatic N) is 1. The summed E-state index contributed by atoms with van der Waals surface area (Å²) < 4.78 is 0. The minimum Gasteiger partial charge on any atom is -0.356 e. The van der Waals surface area contributed by atoms with Gasteiger partial charge in [-0.1, -0.05) is 30.8 Å². The minimum absolute atomic E-state index is 0.00486. The van der Waals surface area contributed by atoms with E-state index in [0.29, 0.717) is 24.8 Å². The van der Waals surface area contributed by atoms with Gasteiger partial charge in [0.25, 0.3) is 0 Å². The van der Waals surface area contributed by atoms with Crippen molar-refractivity contribution in [2.75, 3.05) is 19.6 Å². The lowest BCUT2D eigenvalue weighted by Crippen LogP contribution is -2.43. The Kier molecular flexibility index (Phi) is 5.34. The number of likely N-dealkylation sites (tertiary alicyclic amines) is 1. The van der Waals surface area contributed by atoms with E-state index < -0.39 is 0 Å². The normalized spacial score (nSPS) is 20.5. The summed E-state index contributed by atoms with van der Waals surface area (Å²) in [5.74, 6) is 0.912. The Morgan fingerprint density at radius 2 is 1.92 bits per heavy atom. The maximum atomic E-state index is 12.3. The predicted molar refractivity (Wildman–Crippen MR) is 94.5 cm³/mol. The zero-order valence-electron chi connectivity index (χ0n) is 14.2. The van der Waals surface area contributed by atoms with Gasteiger partial charge in [-0.3, -0.25) is 9.59 Å². The van der Waals surface area contributed by atoms with Gasteiger partial charge >= 0.3 is 0 Å². The molecule has 128 valence electrons. The van der Waals surface area contributed by atoms with Crippen LogP contribution < -0.4 is 5.32 Å². The maximum absolute atomic E-state index is 12.3. The van der Waals surface area contributed by atoms with Gasteiger partial charge in [0.05, 0.1) is 0 Å². The Balaban J connectivity index is 1.42. The number of carbonyl (C=O) groups is 2. The Morgan fingerprint density at radius 3 is 2.58 bits per heavy atom. The van der Waals surface area contributed by atoms with Crippen molar-refractivity contribution in [3.63, 3.8) is 0 Å². The van der Waals surface area contributed by atoms with Crippen LogP contribution in [0.1, 0.15) is 30.4 Å². The number of hydrogen-bond acceptors (Lipinski definition) is 2. The number of fused-ring (bicyclic) bond motifs is 1. The average Bonchev–Trinajstić information content (AvgIpc) is 3.01. The highest BCUT2D eigenvalue weighted by Gasteiger charge is 2.25. The van der Waals surface area contributed by atoms with Crippen molar-refractivity contribution in [1.82, 2.24) is 10.2 Å². The molecule has 1 aliphatic carbocycles. The number of amides is 2. The van der Waals surface area contributed by atoms with Gasteiger partial charge < -0.3 is 10.2 Å². The standard InChI is InChI=1S/C20H26N2O2/c1-2-20(24)22-9-5-6-15(14-22)13-21-19(23)12-16-10-17-7-3-4-8-18(17)11-16/h2-4,7-8,15-16H,1,5-6,9-14H2,(H,21,23)/t15-/m0/s1. The minimum atomic E-state index is -0.00486. The van der Waals surface area contributed by atoms with Gasteiger partial charge in [0.15, 0.2) is 0 Å². The summed E-state index contributed by atoms with van der Waals surface area (Å²) in [7, 11) is 0. The lowest BCUT2D eigenvalue weighted by Gasteiger charge is -2.32. The summed E-state index contributed by atoms with van der Waals surface area (Å²) in [6, 6.07) is 8.47. The van der Waals surface area contributed by atoms with E-state index in [1.165, 1.54) is 17.2 Å². The Hall–Kier alpha value is -2.10. The molecule has 1 heterocycles. The van der Waals surface area contributed by atoms with E-state index >= 15 is 0 Å². The molecule has 0 unspecified atom stereocenters. The molecule has 0 bridgehead atoms. The molecule has 24 heavy (non-hydrogen) atoms. The predicted octanol–water partition coefficient (Wildman–Crippen LogP) is 2.33. The molecule has 2 amide bonds. The molecule has 2 aliphatic rings. The summed E-state index contributed by atoms with van der Waals surface area (Å²) >= 11 is 0. The molecule has 0 saturated carbocycles. The maximum Gasteiger partial charge on any atom is 0.245 e. The lowest BCUT2D eigenvalue weighted by atomic mass is 9.97. The van der Waals surface area contributed by atoms with Crippen LogP contribution in [0.5, 0.6) is 0 Å². The van der Waals surface area contributed by atoms with Crippen LogP contribution in [0.3, 0.4) is 0 Å². The molecule has 3 rings (SSSR count). The molecule has 0 radical (unpaired) electrons. The number of nitrogens with one attached hydrogen (secondary N) is 1. The first-order chi connectivity index (χ1) is 11.7. The third-order valence-corrected chi connectivity index (χ3v) is 5.20. The second-order valence-electron chi connectivity index (χ2n) is 7.05. The molecule has 0 aromatic heterocycles. The Bertz CT molecular complexity index is 601. The third-order valence-electron chi connectivity index (χ3n) is 5.20. The monoisotopic (exact) mass is 326 g/mol. The van der Waals surface area contributed by atoms with Gasteiger partial charge in [0.2, 0.25) is 11.8 Å². The number of benzene rings is 1. The number of carbonyl (C=O) groups excluding carboxylic acids is 2. The molecule has 1 saturated heterocycles. The van der Waals surface area contributed by atoms with Crippen LogP contribution in [0.2, 0.25) is 0 Å². The molecule has 1 aliphatic heterocycles. The highest BCUT2D eigenvalue weighted by Crippen LogP contribution is 2.28. The summed E-state index contributed by atoms with van der Waals surface area (Å²) in [6.07, 6.45) is 6.05. The van der Waals surface area contributed by atoms with Crippen LogP contribution in [-0.4, -0.2) is 36.3 Å². The van der Waals surface area contributed by atoms with Crippen molar-refractivity contribution in [2.24, 2.45) is 11.8 Å². The van der Waals surface area contributed by atoms with Crippen LogP contribution in [0.15, 0.2) is 36.9 Å². The highest BCUT2D eigenvalue weighted by atomic mass is 16.2. The highest BCUT2D eigenvalue weighted by molar-refractivity contribution is 5.87. The van der Waals surface area contributed by atoms with E-state index in [-0.39, 0.29) is 11.8 Å². The van der Waals surface area contributed by atoms with Gasteiger partial charge in [-0.2, -0.15) is 0 Å². The van der Waals surface area contributed by atoms with Gasteiger partial charge in [-0.25, -0.2) is 0 Å². The molecule has 1 N–H and O–H groups in total. The van der Waals surface area contributed by atoms with Crippen LogP contribution in [0.4, 0.5) is 0 Å². The first-order valence-corrected chi connectivity index (χ1v) is 8.90. The van der Waals surface area contributed by atoms with Crippen molar-refractivity contribution < 1.29 is 9.59 Å². The van der Waals surface area contributed by atoms with E-state index in [1.807, 2.05) is 4.90 Å². The van der Waals surface area contributed by atoms with Crippen molar-refractivity contribution >= 4 is 11.8 Å².